The van der Waals surface area contributed by atoms with Crippen LogP contribution >= 0.6 is 0 Å². The van der Waals surface area contributed by atoms with Gasteiger partial charge in [-0.2, -0.15) is 0 Å². The van der Waals surface area contributed by atoms with E-state index in [1.54, 1.807) is 6.08 Å². The Morgan fingerprint density at radius 3 is 2.10 bits per heavy atom. The van der Waals surface area contributed by atoms with Crippen molar-refractivity contribution in [2.45, 2.75) is 66.7 Å². The van der Waals surface area contributed by atoms with Crippen molar-refractivity contribution < 1.29 is 9.59 Å². The van der Waals surface area contributed by atoms with E-state index in [2.05, 4.69) is 40.7 Å². The molecule has 0 bridgehead atoms. The largest absolute Gasteiger partial charge is 0.299 e. The van der Waals surface area contributed by atoms with Crippen LogP contribution in [0.5, 0.6) is 0 Å². The number of ketones is 2. The van der Waals surface area contributed by atoms with Crippen LogP contribution in [0.2, 0.25) is 0 Å². The Morgan fingerprint density at radius 2 is 1.67 bits per heavy atom. The van der Waals surface area contributed by atoms with Crippen LogP contribution < -0.4 is 0 Å². The van der Waals surface area contributed by atoms with Gasteiger partial charge in [-0.3, -0.25) is 9.59 Å². The first kappa shape index (κ1) is 18.1. The summed E-state index contributed by atoms with van der Waals surface area (Å²) < 4.78 is 0. The minimum atomic E-state index is 0.289. The van der Waals surface area contributed by atoms with Gasteiger partial charge in [-0.15, -0.1) is 0 Å². The predicted molar refractivity (Wildman–Crippen MR) is 88.1 cm³/mol. The maximum Gasteiger partial charge on any atom is 0.155 e. The Balaban J connectivity index is 0.000000211. The first-order valence-corrected chi connectivity index (χ1v) is 8.55. The summed E-state index contributed by atoms with van der Waals surface area (Å²) in [5.74, 6) is 3.66. The third-order valence-corrected chi connectivity index (χ3v) is 4.85. The number of Topliss-reactive ketones (excluding diaryl/α,β-unsaturated/α-hetero) is 1. The van der Waals surface area contributed by atoms with Crippen molar-refractivity contribution in [2.75, 3.05) is 0 Å². The number of hydrogen-bond acceptors (Lipinski definition) is 2. The number of carbonyl (C=O) groups excluding carboxylic acids is 2. The fraction of sp³-hybridized carbons (Fsp3) is 0.789. The zero-order valence-corrected chi connectivity index (χ0v) is 14.4. The van der Waals surface area contributed by atoms with Gasteiger partial charge < -0.3 is 0 Å². The Kier molecular flexibility index (Phi) is 7.34. The SMILES string of the molecule is CC(C)C1C=CC(=O)CC1.CC(C)[C@H]1CC[C@H](C)CC1=O. The Labute approximate surface area is 130 Å². The molecule has 120 valence electrons. The quantitative estimate of drug-likeness (QED) is 0.731. The van der Waals surface area contributed by atoms with Crippen LogP contribution in [0.3, 0.4) is 0 Å². The zero-order valence-electron chi connectivity index (χ0n) is 14.4. The molecule has 2 nitrogen and oxygen atoms in total. The van der Waals surface area contributed by atoms with Gasteiger partial charge in [-0.05, 0) is 49.0 Å². The fourth-order valence-corrected chi connectivity index (χ4v) is 3.20. The lowest BCUT2D eigenvalue weighted by molar-refractivity contribution is -0.127. The van der Waals surface area contributed by atoms with E-state index in [4.69, 9.17) is 0 Å². The molecule has 0 amide bonds. The molecule has 0 aromatic carbocycles. The van der Waals surface area contributed by atoms with Crippen molar-refractivity contribution in [3.63, 3.8) is 0 Å². The minimum Gasteiger partial charge on any atom is -0.299 e. The summed E-state index contributed by atoms with van der Waals surface area (Å²) in [5.41, 5.74) is 0. The average molecular weight is 292 g/mol. The van der Waals surface area contributed by atoms with E-state index in [1.165, 1.54) is 6.42 Å². The molecular formula is C19H32O2. The molecule has 2 rings (SSSR count). The van der Waals surface area contributed by atoms with Gasteiger partial charge in [0, 0.05) is 18.8 Å². The molecule has 2 aliphatic carbocycles. The Hall–Kier alpha value is -0.920. The van der Waals surface area contributed by atoms with Crippen molar-refractivity contribution in [2.24, 2.45) is 29.6 Å². The van der Waals surface area contributed by atoms with Gasteiger partial charge in [-0.25, -0.2) is 0 Å². The molecule has 0 aromatic heterocycles. The summed E-state index contributed by atoms with van der Waals surface area (Å²) >= 11 is 0. The lowest BCUT2D eigenvalue weighted by atomic mass is 9.77. The van der Waals surface area contributed by atoms with E-state index in [-0.39, 0.29) is 5.78 Å². The average Bonchev–Trinajstić information content (AvgIpc) is 2.39. The van der Waals surface area contributed by atoms with Crippen molar-refractivity contribution >= 4 is 11.6 Å². The van der Waals surface area contributed by atoms with Gasteiger partial charge >= 0.3 is 0 Å². The summed E-state index contributed by atoms with van der Waals surface area (Å²) in [6, 6.07) is 0. The maximum absolute atomic E-state index is 11.4. The van der Waals surface area contributed by atoms with Crippen LogP contribution in [0.25, 0.3) is 0 Å². The lowest BCUT2D eigenvalue weighted by Gasteiger charge is -2.27. The minimum absolute atomic E-state index is 0.289. The normalized spacial score (nSPS) is 29.6. The van der Waals surface area contributed by atoms with E-state index in [9.17, 15) is 9.59 Å². The molecule has 1 fully saturated rings. The zero-order chi connectivity index (χ0) is 16.0. The monoisotopic (exact) mass is 292 g/mol. The molecule has 0 aliphatic heterocycles. The summed E-state index contributed by atoms with van der Waals surface area (Å²) in [7, 11) is 0. The highest BCUT2D eigenvalue weighted by atomic mass is 16.1. The van der Waals surface area contributed by atoms with Crippen LogP contribution in [0.4, 0.5) is 0 Å². The second-order valence-electron chi connectivity index (χ2n) is 7.48. The summed E-state index contributed by atoms with van der Waals surface area (Å²) in [6.07, 6.45) is 8.77. The van der Waals surface area contributed by atoms with Crippen LogP contribution in [0.15, 0.2) is 12.2 Å². The van der Waals surface area contributed by atoms with E-state index in [0.29, 0.717) is 35.4 Å². The molecule has 21 heavy (non-hydrogen) atoms. The highest BCUT2D eigenvalue weighted by Crippen LogP contribution is 2.30. The summed E-state index contributed by atoms with van der Waals surface area (Å²) in [6.45, 7) is 10.9. The Morgan fingerprint density at radius 1 is 1.00 bits per heavy atom. The first-order chi connectivity index (χ1) is 9.81. The number of rotatable bonds is 2. The number of carbonyl (C=O) groups is 2. The molecule has 0 spiro atoms. The van der Waals surface area contributed by atoms with E-state index >= 15 is 0 Å². The van der Waals surface area contributed by atoms with Crippen LogP contribution in [-0.4, -0.2) is 11.6 Å². The van der Waals surface area contributed by atoms with Crippen molar-refractivity contribution in [1.29, 1.82) is 0 Å². The molecule has 1 saturated carbocycles. The number of hydrogen-bond donors (Lipinski definition) is 0. The van der Waals surface area contributed by atoms with Crippen LogP contribution in [0.1, 0.15) is 66.7 Å². The Bertz CT molecular complexity index is 379. The first-order valence-electron chi connectivity index (χ1n) is 8.55. The standard InChI is InChI=1S/C10H18O.C9H14O/c1-7(2)9-5-4-8(3)6-10(9)11;1-7(2)8-3-5-9(10)6-4-8/h7-9H,4-6H2,1-3H3;3,5,7-8H,4,6H2,1-2H3/t8-,9+;/m0./s1. The molecule has 1 unspecified atom stereocenters. The van der Waals surface area contributed by atoms with Gasteiger partial charge in [0.15, 0.2) is 5.78 Å². The third-order valence-electron chi connectivity index (χ3n) is 4.85. The van der Waals surface area contributed by atoms with Crippen molar-refractivity contribution in [3.05, 3.63) is 12.2 Å². The van der Waals surface area contributed by atoms with Crippen molar-refractivity contribution in [1.82, 2.24) is 0 Å². The van der Waals surface area contributed by atoms with Gasteiger partial charge in [-0.1, -0.05) is 40.7 Å². The summed E-state index contributed by atoms with van der Waals surface area (Å²) in [5, 5.41) is 0. The molecule has 0 N–H and O–H groups in total. The molecule has 2 aliphatic rings. The van der Waals surface area contributed by atoms with E-state index in [0.717, 1.165) is 25.7 Å². The molecular weight excluding hydrogens is 260 g/mol. The second kappa shape index (κ2) is 8.51. The molecule has 3 atom stereocenters. The van der Waals surface area contributed by atoms with Gasteiger partial charge in [0.25, 0.3) is 0 Å². The van der Waals surface area contributed by atoms with Gasteiger partial charge in [0.05, 0.1) is 0 Å². The number of allylic oxidation sites excluding steroid dienone is 2. The molecule has 0 aromatic rings. The molecule has 0 radical (unpaired) electrons. The smallest absolute Gasteiger partial charge is 0.155 e. The second-order valence-corrected chi connectivity index (χ2v) is 7.48. The highest BCUT2D eigenvalue weighted by molar-refractivity contribution is 5.90. The van der Waals surface area contributed by atoms with E-state index < -0.39 is 0 Å². The van der Waals surface area contributed by atoms with Gasteiger partial charge in [0.2, 0.25) is 0 Å². The molecule has 0 saturated heterocycles. The van der Waals surface area contributed by atoms with Gasteiger partial charge in [0.1, 0.15) is 5.78 Å². The van der Waals surface area contributed by atoms with Crippen LogP contribution in [0, 0.1) is 29.6 Å². The predicted octanol–water partition coefficient (Wildman–Crippen LogP) is 4.83. The maximum atomic E-state index is 11.4. The molecule has 2 heteroatoms. The third kappa shape index (κ3) is 6.15. The summed E-state index contributed by atoms with van der Waals surface area (Å²) in [4.78, 5) is 22.2. The fourth-order valence-electron chi connectivity index (χ4n) is 3.20. The topological polar surface area (TPSA) is 34.1 Å². The molecule has 0 heterocycles. The lowest BCUT2D eigenvalue weighted by Crippen LogP contribution is -2.27. The van der Waals surface area contributed by atoms with E-state index in [1.807, 2.05) is 0 Å². The van der Waals surface area contributed by atoms with Crippen LogP contribution in [-0.2, 0) is 9.59 Å². The van der Waals surface area contributed by atoms with Crippen molar-refractivity contribution in [3.8, 4) is 0 Å². The highest BCUT2D eigenvalue weighted by Gasteiger charge is 2.28.